The lowest BCUT2D eigenvalue weighted by Crippen LogP contribution is -1.92. The van der Waals surface area contributed by atoms with E-state index < -0.39 is 0 Å². The molecule has 0 unspecified atom stereocenters. The molecular weight excluding hydrogens is 649 g/mol. The first kappa shape index (κ1) is 29.5. The molecule has 248 valence electrons. The predicted octanol–water partition coefficient (Wildman–Crippen LogP) is 15.1. The summed E-state index contributed by atoms with van der Waals surface area (Å²) in [5, 5.41) is 7.89. The highest BCUT2D eigenvalue weighted by molar-refractivity contribution is 6.31. The summed E-state index contributed by atoms with van der Waals surface area (Å²) in [4.78, 5) is 0. The van der Waals surface area contributed by atoms with Crippen molar-refractivity contribution in [1.29, 1.82) is 0 Å². The Morgan fingerprint density at radius 1 is 0.185 bits per heavy atom. The van der Waals surface area contributed by atoms with Gasteiger partial charge in [-0.05, 0) is 133 Å². The van der Waals surface area contributed by atoms with Crippen LogP contribution in [-0.4, -0.2) is 0 Å². The zero-order valence-electron chi connectivity index (χ0n) is 29.5. The maximum Gasteiger partial charge on any atom is -0.00134 e. The average molecular weight is 681 g/mol. The van der Waals surface area contributed by atoms with Crippen LogP contribution in [0.5, 0.6) is 0 Å². The summed E-state index contributed by atoms with van der Waals surface area (Å²) in [5.41, 5.74) is 20.8. The molecule has 54 heavy (non-hydrogen) atoms. The van der Waals surface area contributed by atoms with E-state index in [1.807, 2.05) is 0 Å². The topological polar surface area (TPSA) is 0 Å². The Bertz CT molecular complexity index is 2950. The first-order chi connectivity index (χ1) is 26.8. The Morgan fingerprint density at radius 2 is 0.500 bits per heavy atom. The molecule has 0 nitrogen and oxygen atoms in total. The second kappa shape index (κ2) is 11.2. The highest BCUT2D eigenvalue weighted by Gasteiger charge is 2.33. The van der Waals surface area contributed by atoms with Gasteiger partial charge in [-0.3, -0.25) is 0 Å². The highest BCUT2D eigenvalue weighted by atomic mass is 14.4. The van der Waals surface area contributed by atoms with E-state index in [2.05, 4.69) is 194 Å². The molecule has 0 radical (unpaired) electrons. The van der Waals surface area contributed by atoms with E-state index in [-0.39, 0.29) is 0 Å². The maximum absolute atomic E-state index is 2.51. The quantitative estimate of drug-likeness (QED) is 0.162. The normalized spacial score (nSPS) is 12.1. The second-order valence-electron chi connectivity index (χ2n) is 14.7. The zero-order chi connectivity index (χ0) is 35.3. The van der Waals surface area contributed by atoms with Crippen LogP contribution in [0.1, 0.15) is 0 Å². The minimum absolute atomic E-state index is 1.24. The van der Waals surface area contributed by atoms with Crippen LogP contribution in [0.4, 0.5) is 0 Å². The van der Waals surface area contributed by atoms with Gasteiger partial charge in [0.1, 0.15) is 0 Å². The van der Waals surface area contributed by atoms with E-state index in [9.17, 15) is 0 Å². The number of rotatable bonds is 4. The fraction of sp³-hybridized carbons (Fsp3) is 0. The van der Waals surface area contributed by atoms with Crippen LogP contribution < -0.4 is 0 Å². The Morgan fingerprint density at radius 3 is 0.907 bits per heavy atom. The lowest BCUT2D eigenvalue weighted by Gasteiger charge is -2.19. The molecule has 0 saturated carbocycles. The number of hydrogen-bond donors (Lipinski definition) is 0. The Hall–Kier alpha value is -7.02. The standard InChI is InChI=1S/C54H32/c1-5-15-33(16-6-1)37-25-26-38(34-17-7-2-8-18-34)52-44-30-28-42-46-32-48-47(31-45(46)41-27-29-43(51(37)52)54(44)53(41)42)49(35-19-9-3-10-20-35)39-23-13-14-24-40(39)50(48)36-21-11-4-12-22-36/h1-32H. The third-order valence-corrected chi connectivity index (χ3v) is 11.9. The van der Waals surface area contributed by atoms with E-state index in [1.54, 1.807) is 0 Å². The highest BCUT2D eigenvalue weighted by Crippen LogP contribution is 2.60. The predicted molar refractivity (Wildman–Crippen MR) is 230 cm³/mol. The van der Waals surface area contributed by atoms with Crippen LogP contribution in [0, 0.1) is 0 Å². The Kier molecular flexibility index (Phi) is 6.15. The van der Waals surface area contributed by atoms with E-state index in [4.69, 9.17) is 0 Å². The van der Waals surface area contributed by atoms with E-state index in [0.717, 1.165) is 0 Å². The molecule has 0 bridgehead atoms. The summed E-state index contributed by atoms with van der Waals surface area (Å²) in [6, 6.07) is 72.0. The van der Waals surface area contributed by atoms with E-state index in [0.29, 0.717) is 0 Å². The van der Waals surface area contributed by atoms with Gasteiger partial charge >= 0.3 is 0 Å². The van der Waals surface area contributed by atoms with E-state index >= 15 is 0 Å². The van der Waals surface area contributed by atoms with Gasteiger partial charge in [-0.15, -0.1) is 0 Å². The largest absolute Gasteiger partial charge is 0.0622 e. The molecule has 0 spiro atoms. The lowest BCUT2D eigenvalue weighted by atomic mass is 9.84. The molecule has 0 atom stereocenters. The molecule has 0 aliphatic heterocycles. The summed E-state index contributed by atoms with van der Waals surface area (Å²) in [6.07, 6.45) is 0. The molecule has 0 N–H and O–H groups in total. The molecular formula is C54H32. The minimum atomic E-state index is 1.24. The first-order valence-electron chi connectivity index (χ1n) is 18.9. The third-order valence-electron chi connectivity index (χ3n) is 11.9. The molecule has 12 rings (SSSR count). The van der Waals surface area contributed by atoms with Crippen molar-refractivity contribution in [2.45, 2.75) is 0 Å². The third kappa shape index (κ3) is 4.03. The average Bonchev–Trinajstić information content (AvgIpc) is 3.75. The van der Waals surface area contributed by atoms with Gasteiger partial charge in [0.15, 0.2) is 0 Å². The molecule has 10 aromatic carbocycles. The summed E-state index contributed by atoms with van der Waals surface area (Å²) in [6.45, 7) is 0. The van der Waals surface area contributed by atoms with Gasteiger partial charge in [-0.1, -0.05) is 182 Å². The molecule has 0 fully saturated rings. The number of benzene rings is 10. The van der Waals surface area contributed by atoms with Gasteiger partial charge < -0.3 is 0 Å². The Labute approximate surface area is 314 Å². The molecule has 2 aliphatic rings. The lowest BCUT2D eigenvalue weighted by molar-refractivity contribution is 1.59. The van der Waals surface area contributed by atoms with Crippen molar-refractivity contribution in [2.24, 2.45) is 0 Å². The summed E-state index contributed by atoms with van der Waals surface area (Å²) < 4.78 is 0. The first-order valence-corrected chi connectivity index (χ1v) is 18.9. The van der Waals surface area contributed by atoms with Crippen LogP contribution in [-0.2, 0) is 0 Å². The fourth-order valence-electron chi connectivity index (χ4n) is 9.74. The van der Waals surface area contributed by atoms with E-state index in [1.165, 1.54) is 121 Å². The SMILES string of the molecule is c1ccc(-c2ccc(-c3ccccc3)c3c2-c2ccc4c5c(ccc-3c25)-c2cc3c(-c5ccccc5)c5ccccc5c(-c5ccccc5)c3cc2-4)cc1. The second-order valence-corrected chi connectivity index (χ2v) is 14.7. The summed E-state index contributed by atoms with van der Waals surface area (Å²) >= 11 is 0. The van der Waals surface area contributed by atoms with Gasteiger partial charge in [0.2, 0.25) is 0 Å². The van der Waals surface area contributed by atoms with Crippen molar-refractivity contribution in [3.8, 4) is 89.0 Å². The molecule has 2 aliphatic carbocycles. The van der Waals surface area contributed by atoms with Gasteiger partial charge in [-0.2, -0.15) is 0 Å². The van der Waals surface area contributed by atoms with Crippen LogP contribution in [0.25, 0.3) is 121 Å². The van der Waals surface area contributed by atoms with Crippen molar-refractivity contribution in [1.82, 2.24) is 0 Å². The van der Waals surface area contributed by atoms with Crippen LogP contribution >= 0.6 is 0 Å². The van der Waals surface area contributed by atoms with Gasteiger partial charge in [0, 0.05) is 0 Å². The Balaban J connectivity index is 1.19. The van der Waals surface area contributed by atoms with Crippen LogP contribution in [0.3, 0.4) is 0 Å². The monoisotopic (exact) mass is 680 g/mol. The number of fused-ring (bicyclic) bond motifs is 8. The molecule has 0 heteroatoms. The van der Waals surface area contributed by atoms with Gasteiger partial charge in [0.05, 0.1) is 0 Å². The molecule has 0 amide bonds. The maximum atomic E-state index is 2.51. The van der Waals surface area contributed by atoms with Gasteiger partial charge in [0.25, 0.3) is 0 Å². The molecule has 0 heterocycles. The number of hydrogen-bond acceptors (Lipinski definition) is 0. The van der Waals surface area contributed by atoms with Gasteiger partial charge in [-0.25, -0.2) is 0 Å². The summed E-state index contributed by atoms with van der Waals surface area (Å²) in [7, 11) is 0. The van der Waals surface area contributed by atoms with Crippen molar-refractivity contribution in [3.05, 3.63) is 194 Å². The van der Waals surface area contributed by atoms with Crippen LogP contribution in [0.2, 0.25) is 0 Å². The zero-order valence-corrected chi connectivity index (χ0v) is 29.5. The van der Waals surface area contributed by atoms with Crippen LogP contribution in [0.15, 0.2) is 194 Å². The molecule has 10 aromatic rings. The molecule has 0 saturated heterocycles. The minimum Gasteiger partial charge on any atom is -0.0622 e. The molecule has 0 aromatic heterocycles. The fourth-order valence-corrected chi connectivity index (χ4v) is 9.74. The van der Waals surface area contributed by atoms with Crippen molar-refractivity contribution in [2.75, 3.05) is 0 Å². The van der Waals surface area contributed by atoms with Crippen molar-refractivity contribution >= 4 is 32.3 Å². The summed E-state index contributed by atoms with van der Waals surface area (Å²) in [5.74, 6) is 0. The smallest absolute Gasteiger partial charge is 0.00134 e. The van der Waals surface area contributed by atoms with Crippen molar-refractivity contribution in [3.63, 3.8) is 0 Å². The van der Waals surface area contributed by atoms with Crippen molar-refractivity contribution < 1.29 is 0 Å².